The van der Waals surface area contributed by atoms with E-state index in [4.69, 9.17) is 0 Å². The molecule has 0 amide bonds. The van der Waals surface area contributed by atoms with Gasteiger partial charge in [0.15, 0.2) is 0 Å². The molecule has 0 N–H and O–H groups in total. The highest BCUT2D eigenvalue weighted by Gasteiger charge is 2.29. The lowest BCUT2D eigenvalue weighted by Crippen LogP contribution is -2.30. The summed E-state index contributed by atoms with van der Waals surface area (Å²) in [6.07, 6.45) is 31.8. The van der Waals surface area contributed by atoms with Gasteiger partial charge < -0.3 is 9.47 Å². The molecule has 1 unspecified atom stereocenters. The Bertz CT molecular complexity index is 1960. The van der Waals surface area contributed by atoms with Gasteiger partial charge in [0.1, 0.15) is 0 Å². The SMILES string of the molecule is CC/C=C\C1=C(/C)C(C)C/C=C\C=C/[C@@H](C)N1C1=CCC=Cc2c1sc1c2C=CC=C(n2c3ccccc3c3ccccc32)C1. The van der Waals surface area contributed by atoms with E-state index < -0.39 is 0 Å². The third kappa shape index (κ3) is 5.34. The standard InChI is InChI=1S/C42H42N2S/c1-5-6-24-37-31(4)29(2)17-8-7-9-18-30(3)43(37)40-27-15-12-22-36-35-23-16-19-32(28-41(35)45-42(36)40)44-38-25-13-10-20-33(38)34-21-11-14-26-39(34)44/h6-14,16,18-27,29-30H,5,15,17,28H2,1-4H3/b8-7-,18-9-,24-6-,37-31-/t29?,30-/m1/s1. The number of rotatable bonds is 4. The summed E-state index contributed by atoms with van der Waals surface area (Å²) in [5, 5.41) is 2.62. The minimum Gasteiger partial charge on any atom is -0.334 e. The second-order valence-corrected chi connectivity index (χ2v) is 13.5. The van der Waals surface area contributed by atoms with Gasteiger partial charge in [-0.25, -0.2) is 0 Å². The highest BCUT2D eigenvalue weighted by Crippen LogP contribution is 2.44. The van der Waals surface area contributed by atoms with Crippen LogP contribution in [0.1, 0.15) is 67.8 Å². The monoisotopic (exact) mass is 606 g/mol. The smallest absolute Gasteiger partial charge is 0.0586 e. The molecule has 1 aliphatic heterocycles. The highest BCUT2D eigenvalue weighted by molar-refractivity contribution is 7.13. The van der Waals surface area contributed by atoms with Gasteiger partial charge in [-0.15, -0.1) is 11.3 Å². The van der Waals surface area contributed by atoms with E-state index in [0.717, 1.165) is 25.7 Å². The Hall–Kier alpha value is -4.34. The zero-order valence-corrected chi connectivity index (χ0v) is 27.6. The summed E-state index contributed by atoms with van der Waals surface area (Å²) in [5.74, 6) is 0.463. The molecule has 2 aromatic carbocycles. The van der Waals surface area contributed by atoms with Crippen molar-refractivity contribution in [3.8, 4) is 0 Å². The van der Waals surface area contributed by atoms with Crippen LogP contribution in [0.5, 0.6) is 0 Å². The summed E-state index contributed by atoms with van der Waals surface area (Å²) in [7, 11) is 0. The van der Waals surface area contributed by atoms with Crippen molar-refractivity contribution in [3.63, 3.8) is 0 Å². The maximum atomic E-state index is 2.61. The largest absolute Gasteiger partial charge is 0.334 e. The van der Waals surface area contributed by atoms with Crippen LogP contribution in [-0.4, -0.2) is 15.5 Å². The molecule has 2 aliphatic carbocycles. The van der Waals surface area contributed by atoms with Crippen molar-refractivity contribution in [2.75, 3.05) is 0 Å². The Morgan fingerprint density at radius 2 is 1.64 bits per heavy atom. The second-order valence-electron chi connectivity index (χ2n) is 12.4. The third-order valence-electron chi connectivity index (χ3n) is 9.49. The molecule has 0 saturated carbocycles. The maximum Gasteiger partial charge on any atom is 0.0586 e. The first-order valence-corrected chi connectivity index (χ1v) is 17.3. The summed E-state index contributed by atoms with van der Waals surface area (Å²) in [4.78, 5) is 5.41. The molecule has 3 heteroatoms. The van der Waals surface area contributed by atoms with Crippen molar-refractivity contribution in [1.82, 2.24) is 9.47 Å². The van der Waals surface area contributed by atoms with Gasteiger partial charge in [-0.2, -0.15) is 0 Å². The first-order valence-electron chi connectivity index (χ1n) is 16.4. The Morgan fingerprint density at radius 3 is 2.40 bits per heavy atom. The maximum absolute atomic E-state index is 2.61. The van der Waals surface area contributed by atoms with Gasteiger partial charge in [0, 0.05) is 45.1 Å². The zero-order chi connectivity index (χ0) is 30.9. The molecule has 0 radical (unpaired) electrons. The fourth-order valence-electron chi connectivity index (χ4n) is 7.01. The Balaban J connectivity index is 1.37. The van der Waals surface area contributed by atoms with Crippen LogP contribution >= 0.6 is 11.3 Å². The van der Waals surface area contributed by atoms with Gasteiger partial charge in [-0.1, -0.05) is 111 Å². The molecule has 2 atom stereocenters. The van der Waals surface area contributed by atoms with Crippen molar-refractivity contribution in [3.05, 3.63) is 141 Å². The molecular weight excluding hydrogens is 565 g/mol. The molecule has 4 aromatic rings. The number of para-hydroxylation sites is 2. The molecule has 226 valence electrons. The normalized spacial score (nSPS) is 23.4. The minimum absolute atomic E-state index is 0.203. The fourth-order valence-corrected chi connectivity index (χ4v) is 8.34. The summed E-state index contributed by atoms with van der Waals surface area (Å²) < 4.78 is 2.48. The van der Waals surface area contributed by atoms with Crippen LogP contribution in [0.15, 0.2) is 121 Å². The van der Waals surface area contributed by atoms with Crippen LogP contribution in [0.25, 0.3) is 45.4 Å². The lowest BCUT2D eigenvalue weighted by atomic mass is 9.94. The van der Waals surface area contributed by atoms with E-state index in [-0.39, 0.29) is 6.04 Å². The second kappa shape index (κ2) is 12.6. The van der Waals surface area contributed by atoms with Gasteiger partial charge in [-0.05, 0) is 74.4 Å². The summed E-state index contributed by atoms with van der Waals surface area (Å²) >= 11 is 1.98. The van der Waals surface area contributed by atoms with Crippen molar-refractivity contribution >= 4 is 56.7 Å². The zero-order valence-electron chi connectivity index (χ0n) is 26.8. The summed E-state index contributed by atoms with van der Waals surface area (Å²) in [6, 6.07) is 17.8. The van der Waals surface area contributed by atoms with Crippen molar-refractivity contribution in [2.24, 2.45) is 5.92 Å². The van der Waals surface area contributed by atoms with Crippen LogP contribution in [0, 0.1) is 5.92 Å². The fraction of sp³-hybridized carbons (Fsp3) is 0.238. The quantitative estimate of drug-likeness (QED) is 0.224. The average molecular weight is 607 g/mol. The average Bonchev–Trinajstić information content (AvgIpc) is 3.38. The van der Waals surface area contributed by atoms with E-state index >= 15 is 0 Å². The minimum atomic E-state index is 0.203. The Kier molecular flexibility index (Phi) is 8.21. The lowest BCUT2D eigenvalue weighted by Gasteiger charge is -2.35. The number of hydrogen-bond acceptors (Lipinski definition) is 2. The molecule has 7 rings (SSSR count). The molecule has 0 saturated heterocycles. The summed E-state index contributed by atoms with van der Waals surface area (Å²) in [5.41, 5.74) is 10.7. The van der Waals surface area contributed by atoms with E-state index in [1.165, 1.54) is 65.4 Å². The molecule has 45 heavy (non-hydrogen) atoms. The van der Waals surface area contributed by atoms with Crippen molar-refractivity contribution in [2.45, 2.75) is 59.4 Å². The van der Waals surface area contributed by atoms with Crippen LogP contribution in [0.4, 0.5) is 0 Å². The number of aromatic nitrogens is 1. The topological polar surface area (TPSA) is 8.17 Å². The van der Waals surface area contributed by atoms with Crippen molar-refractivity contribution < 1.29 is 0 Å². The van der Waals surface area contributed by atoms with Gasteiger partial charge >= 0.3 is 0 Å². The molecule has 2 nitrogen and oxygen atoms in total. The van der Waals surface area contributed by atoms with E-state index in [1.807, 2.05) is 11.3 Å². The number of nitrogens with zero attached hydrogens (tertiary/aromatic N) is 2. The Morgan fingerprint density at radius 1 is 0.889 bits per heavy atom. The number of allylic oxidation sites excluding steroid dienone is 11. The van der Waals surface area contributed by atoms with Crippen molar-refractivity contribution in [1.29, 1.82) is 0 Å². The van der Waals surface area contributed by atoms with E-state index in [0.29, 0.717) is 5.92 Å². The van der Waals surface area contributed by atoms with Crippen LogP contribution in [-0.2, 0) is 6.42 Å². The van der Waals surface area contributed by atoms with E-state index in [2.05, 4.69) is 159 Å². The first-order chi connectivity index (χ1) is 22.1. The predicted octanol–water partition coefficient (Wildman–Crippen LogP) is 11.8. The van der Waals surface area contributed by atoms with Gasteiger partial charge in [0.05, 0.1) is 21.6 Å². The molecule has 3 heterocycles. The van der Waals surface area contributed by atoms with Gasteiger partial charge in [-0.3, -0.25) is 0 Å². The van der Waals surface area contributed by atoms with Crippen LogP contribution in [0.3, 0.4) is 0 Å². The highest BCUT2D eigenvalue weighted by atomic mass is 32.1. The summed E-state index contributed by atoms with van der Waals surface area (Å²) in [6.45, 7) is 9.27. The van der Waals surface area contributed by atoms with E-state index in [9.17, 15) is 0 Å². The van der Waals surface area contributed by atoms with Crippen LogP contribution < -0.4 is 0 Å². The molecule has 0 fully saturated rings. The number of fused-ring (bicyclic) bond motifs is 6. The molecule has 0 spiro atoms. The lowest BCUT2D eigenvalue weighted by molar-refractivity contribution is 0.437. The Labute approximate surface area is 272 Å². The van der Waals surface area contributed by atoms with Gasteiger partial charge in [0.2, 0.25) is 0 Å². The molecule has 2 aromatic heterocycles. The number of benzene rings is 2. The predicted molar refractivity (Wildman–Crippen MR) is 198 cm³/mol. The van der Waals surface area contributed by atoms with Crippen LogP contribution in [0.2, 0.25) is 0 Å². The first kappa shape index (κ1) is 29.4. The number of hydrogen-bond donors (Lipinski definition) is 0. The van der Waals surface area contributed by atoms with Gasteiger partial charge in [0.25, 0.3) is 0 Å². The number of thiophene rings is 1. The third-order valence-corrected chi connectivity index (χ3v) is 10.7. The molecular formula is C42H42N2S. The molecule has 3 aliphatic rings. The van der Waals surface area contributed by atoms with E-state index in [1.54, 1.807) is 0 Å². The molecule has 0 bridgehead atoms.